The van der Waals surface area contributed by atoms with Crippen molar-refractivity contribution in [2.75, 3.05) is 24.3 Å². The first-order valence-electron chi connectivity index (χ1n) is 5.11. The molecule has 0 amide bonds. The van der Waals surface area contributed by atoms with Crippen molar-refractivity contribution in [1.29, 1.82) is 0 Å². The van der Waals surface area contributed by atoms with Gasteiger partial charge in [-0.1, -0.05) is 13.8 Å². The van der Waals surface area contributed by atoms with E-state index in [1.165, 1.54) is 6.33 Å². The number of methoxy groups -OCH3 is 1. The Morgan fingerprint density at radius 2 is 2.27 bits per heavy atom. The zero-order chi connectivity index (χ0) is 10.8. The number of ether oxygens (including phenoxy) is 1. The largest absolute Gasteiger partial charge is 0.479 e. The van der Waals surface area contributed by atoms with E-state index < -0.39 is 0 Å². The molecule has 1 aliphatic heterocycles. The smallest absolute Gasteiger partial charge is 0.242 e. The third-order valence-corrected chi connectivity index (χ3v) is 2.63. The highest BCUT2D eigenvalue weighted by atomic mass is 16.5. The lowest BCUT2D eigenvalue weighted by molar-refractivity contribution is 0.397. The summed E-state index contributed by atoms with van der Waals surface area (Å²) >= 11 is 0. The number of rotatable bonds is 2. The number of aromatic nitrogens is 2. The van der Waals surface area contributed by atoms with Gasteiger partial charge in [0, 0.05) is 12.6 Å². The van der Waals surface area contributed by atoms with Gasteiger partial charge < -0.3 is 15.4 Å². The summed E-state index contributed by atoms with van der Waals surface area (Å²) in [6.45, 7) is 5.24. The van der Waals surface area contributed by atoms with Gasteiger partial charge in [-0.3, -0.25) is 0 Å². The molecule has 0 radical (unpaired) electrons. The van der Waals surface area contributed by atoms with Crippen LogP contribution in [0.5, 0.6) is 5.88 Å². The molecule has 2 N–H and O–H groups in total. The highest BCUT2D eigenvalue weighted by Gasteiger charge is 2.23. The summed E-state index contributed by atoms with van der Waals surface area (Å²) in [5.41, 5.74) is 0.858. The van der Waals surface area contributed by atoms with Crippen molar-refractivity contribution in [1.82, 2.24) is 9.97 Å². The van der Waals surface area contributed by atoms with Crippen LogP contribution in [0.3, 0.4) is 0 Å². The zero-order valence-electron chi connectivity index (χ0n) is 9.24. The maximum Gasteiger partial charge on any atom is 0.242 e. The Balaban J connectivity index is 2.27. The van der Waals surface area contributed by atoms with Gasteiger partial charge in [-0.2, -0.15) is 4.98 Å². The molecule has 15 heavy (non-hydrogen) atoms. The van der Waals surface area contributed by atoms with Gasteiger partial charge in [-0.25, -0.2) is 4.98 Å². The second-order valence-electron chi connectivity index (χ2n) is 3.98. The molecule has 0 bridgehead atoms. The minimum absolute atomic E-state index is 0.400. The molecule has 2 rings (SSSR count). The van der Waals surface area contributed by atoms with E-state index in [4.69, 9.17) is 4.74 Å². The summed E-state index contributed by atoms with van der Waals surface area (Å²) in [4.78, 5) is 8.24. The number of anilines is 2. The second-order valence-corrected chi connectivity index (χ2v) is 3.98. The third-order valence-electron chi connectivity index (χ3n) is 2.63. The molecule has 1 aliphatic rings. The Morgan fingerprint density at radius 3 is 2.93 bits per heavy atom. The standard InChI is InChI=1S/C10H16N4O/c1-6(2)7-4-11-8-9(14-7)12-5-13-10(8)15-3/h5-7,11H,4H2,1-3H3,(H,12,13,14). The molecule has 1 aromatic rings. The van der Waals surface area contributed by atoms with Crippen LogP contribution in [-0.4, -0.2) is 29.7 Å². The lowest BCUT2D eigenvalue weighted by Gasteiger charge is -2.30. The van der Waals surface area contributed by atoms with E-state index in [-0.39, 0.29) is 0 Å². The normalized spacial score (nSPS) is 19.1. The highest BCUT2D eigenvalue weighted by molar-refractivity contribution is 5.72. The molecule has 1 atom stereocenters. The maximum absolute atomic E-state index is 5.15. The van der Waals surface area contributed by atoms with Crippen molar-refractivity contribution in [3.05, 3.63) is 6.33 Å². The molecular weight excluding hydrogens is 192 g/mol. The van der Waals surface area contributed by atoms with Gasteiger partial charge in [0.2, 0.25) is 5.88 Å². The van der Waals surface area contributed by atoms with Crippen molar-refractivity contribution in [3.63, 3.8) is 0 Å². The predicted molar refractivity (Wildman–Crippen MR) is 59.3 cm³/mol. The summed E-state index contributed by atoms with van der Waals surface area (Å²) in [7, 11) is 1.61. The number of hydrogen-bond donors (Lipinski definition) is 2. The van der Waals surface area contributed by atoms with Crippen molar-refractivity contribution >= 4 is 11.5 Å². The van der Waals surface area contributed by atoms with Crippen LogP contribution in [0, 0.1) is 5.92 Å². The summed E-state index contributed by atoms with van der Waals surface area (Å²) in [5.74, 6) is 1.98. The first kappa shape index (κ1) is 10.0. The van der Waals surface area contributed by atoms with Crippen molar-refractivity contribution in [3.8, 4) is 5.88 Å². The third kappa shape index (κ3) is 1.82. The fourth-order valence-corrected chi connectivity index (χ4v) is 1.63. The van der Waals surface area contributed by atoms with E-state index in [1.807, 2.05) is 0 Å². The van der Waals surface area contributed by atoms with Crippen LogP contribution in [-0.2, 0) is 0 Å². The van der Waals surface area contributed by atoms with Crippen LogP contribution in [0.25, 0.3) is 0 Å². The first-order valence-corrected chi connectivity index (χ1v) is 5.11. The Hall–Kier alpha value is -1.52. The molecule has 2 heterocycles. The molecule has 0 spiro atoms. The molecule has 0 aliphatic carbocycles. The first-order chi connectivity index (χ1) is 7.22. The van der Waals surface area contributed by atoms with Crippen LogP contribution in [0.15, 0.2) is 6.33 Å². The SMILES string of the molecule is COc1ncnc2c1NCC(C(C)C)N2. The zero-order valence-corrected chi connectivity index (χ0v) is 9.24. The number of nitrogens with one attached hydrogen (secondary N) is 2. The Morgan fingerprint density at radius 1 is 1.47 bits per heavy atom. The minimum Gasteiger partial charge on any atom is -0.479 e. The fraction of sp³-hybridized carbons (Fsp3) is 0.600. The van der Waals surface area contributed by atoms with E-state index >= 15 is 0 Å². The van der Waals surface area contributed by atoms with E-state index in [1.54, 1.807) is 7.11 Å². The average molecular weight is 208 g/mol. The van der Waals surface area contributed by atoms with Gasteiger partial charge in [-0.05, 0) is 5.92 Å². The van der Waals surface area contributed by atoms with Gasteiger partial charge in [-0.15, -0.1) is 0 Å². The van der Waals surface area contributed by atoms with E-state index in [0.717, 1.165) is 18.1 Å². The molecule has 0 saturated heterocycles. The van der Waals surface area contributed by atoms with Crippen LogP contribution < -0.4 is 15.4 Å². The average Bonchev–Trinajstić information content (AvgIpc) is 2.27. The summed E-state index contributed by atoms with van der Waals surface area (Å²) in [6.07, 6.45) is 1.51. The van der Waals surface area contributed by atoms with Crippen LogP contribution in [0.4, 0.5) is 11.5 Å². The van der Waals surface area contributed by atoms with E-state index in [2.05, 4.69) is 34.4 Å². The molecule has 5 heteroatoms. The van der Waals surface area contributed by atoms with Crippen molar-refractivity contribution < 1.29 is 4.74 Å². The molecule has 5 nitrogen and oxygen atoms in total. The molecule has 0 aromatic carbocycles. The van der Waals surface area contributed by atoms with Crippen LogP contribution in [0.2, 0.25) is 0 Å². The quantitative estimate of drug-likeness (QED) is 0.768. The maximum atomic E-state index is 5.15. The van der Waals surface area contributed by atoms with Gasteiger partial charge >= 0.3 is 0 Å². The van der Waals surface area contributed by atoms with E-state index in [0.29, 0.717) is 17.8 Å². The molecule has 0 saturated carbocycles. The fourth-order valence-electron chi connectivity index (χ4n) is 1.63. The molecule has 82 valence electrons. The lowest BCUT2D eigenvalue weighted by Crippen LogP contribution is -2.37. The molecule has 1 unspecified atom stereocenters. The molecule has 1 aromatic heterocycles. The Kier molecular flexibility index (Phi) is 2.62. The van der Waals surface area contributed by atoms with Crippen molar-refractivity contribution in [2.45, 2.75) is 19.9 Å². The minimum atomic E-state index is 0.400. The van der Waals surface area contributed by atoms with Gasteiger partial charge in [0.15, 0.2) is 5.82 Å². The second kappa shape index (κ2) is 3.92. The van der Waals surface area contributed by atoms with Crippen LogP contribution >= 0.6 is 0 Å². The lowest BCUT2D eigenvalue weighted by atomic mass is 10.0. The molecule has 0 fully saturated rings. The van der Waals surface area contributed by atoms with Gasteiger partial charge in [0.1, 0.15) is 12.0 Å². The molecular formula is C10H16N4O. The number of hydrogen-bond acceptors (Lipinski definition) is 5. The Labute approximate surface area is 89.3 Å². The predicted octanol–water partition coefficient (Wildman–Crippen LogP) is 1.35. The Bertz CT molecular complexity index is 353. The summed E-state index contributed by atoms with van der Waals surface area (Å²) in [6, 6.07) is 0.400. The van der Waals surface area contributed by atoms with Crippen LogP contribution in [0.1, 0.15) is 13.8 Å². The van der Waals surface area contributed by atoms with Gasteiger partial charge in [0.25, 0.3) is 0 Å². The monoisotopic (exact) mass is 208 g/mol. The van der Waals surface area contributed by atoms with Gasteiger partial charge in [0.05, 0.1) is 7.11 Å². The summed E-state index contributed by atoms with van der Waals surface area (Å²) < 4.78 is 5.15. The number of fused-ring (bicyclic) bond motifs is 1. The summed E-state index contributed by atoms with van der Waals surface area (Å²) in [5, 5.41) is 6.68. The topological polar surface area (TPSA) is 59.1 Å². The highest BCUT2D eigenvalue weighted by Crippen LogP contribution is 2.32. The number of nitrogens with zero attached hydrogens (tertiary/aromatic N) is 2. The van der Waals surface area contributed by atoms with Crippen molar-refractivity contribution in [2.24, 2.45) is 5.92 Å². The van der Waals surface area contributed by atoms with E-state index in [9.17, 15) is 0 Å².